The van der Waals surface area contributed by atoms with E-state index in [0.29, 0.717) is 5.92 Å². The summed E-state index contributed by atoms with van der Waals surface area (Å²) >= 11 is 0. The Bertz CT molecular complexity index is 264. The van der Waals surface area contributed by atoms with Gasteiger partial charge in [-0.25, -0.2) is 0 Å². The fourth-order valence-electron chi connectivity index (χ4n) is 1.12. The molecule has 0 unspecified atom stereocenters. The molecule has 0 bridgehead atoms. The standard InChI is InChI=1S/C11H15O/c1-8(2)10-6-5-9(3)11(7-10)12-4/h5-8H,3H2,1-2,4H3. The molecule has 0 spiro atoms. The highest BCUT2D eigenvalue weighted by atomic mass is 16.5. The summed E-state index contributed by atoms with van der Waals surface area (Å²) in [6, 6.07) is 6.14. The highest BCUT2D eigenvalue weighted by Gasteiger charge is 2.02. The van der Waals surface area contributed by atoms with Crippen molar-refractivity contribution < 1.29 is 4.74 Å². The van der Waals surface area contributed by atoms with E-state index in [0.717, 1.165) is 11.3 Å². The number of methoxy groups -OCH3 is 1. The molecule has 0 atom stereocenters. The number of benzene rings is 1. The molecular weight excluding hydrogens is 148 g/mol. The van der Waals surface area contributed by atoms with E-state index < -0.39 is 0 Å². The molecule has 1 rings (SSSR count). The van der Waals surface area contributed by atoms with Crippen LogP contribution in [0.4, 0.5) is 0 Å². The van der Waals surface area contributed by atoms with Gasteiger partial charge in [0.25, 0.3) is 0 Å². The fourth-order valence-corrected chi connectivity index (χ4v) is 1.12. The van der Waals surface area contributed by atoms with Gasteiger partial charge in [0.1, 0.15) is 5.75 Å². The van der Waals surface area contributed by atoms with Crippen molar-refractivity contribution in [3.05, 3.63) is 36.2 Å². The van der Waals surface area contributed by atoms with Crippen LogP contribution in [0.25, 0.3) is 0 Å². The Morgan fingerprint density at radius 1 is 1.33 bits per heavy atom. The van der Waals surface area contributed by atoms with Gasteiger partial charge in [0.15, 0.2) is 0 Å². The lowest BCUT2D eigenvalue weighted by molar-refractivity contribution is 0.412. The molecule has 1 radical (unpaired) electrons. The summed E-state index contributed by atoms with van der Waals surface area (Å²) < 4.78 is 5.17. The first-order valence-corrected chi connectivity index (χ1v) is 4.15. The third-order valence-electron chi connectivity index (χ3n) is 1.98. The van der Waals surface area contributed by atoms with E-state index in [1.807, 2.05) is 12.1 Å². The summed E-state index contributed by atoms with van der Waals surface area (Å²) in [7, 11) is 1.67. The molecule has 0 saturated carbocycles. The predicted molar refractivity (Wildman–Crippen MR) is 51.5 cm³/mol. The van der Waals surface area contributed by atoms with Crippen LogP contribution in [0.5, 0.6) is 5.75 Å². The molecule has 0 saturated heterocycles. The van der Waals surface area contributed by atoms with E-state index in [4.69, 9.17) is 4.74 Å². The van der Waals surface area contributed by atoms with Gasteiger partial charge in [-0.3, -0.25) is 0 Å². The monoisotopic (exact) mass is 163 g/mol. The van der Waals surface area contributed by atoms with Crippen molar-refractivity contribution in [1.82, 2.24) is 0 Å². The van der Waals surface area contributed by atoms with E-state index in [1.54, 1.807) is 7.11 Å². The summed E-state index contributed by atoms with van der Waals surface area (Å²) in [4.78, 5) is 0. The topological polar surface area (TPSA) is 9.23 Å². The largest absolute Gasteiger partial charge is 0.496 e. The lowest BCUT2D eigenvalue weighted by atomic mass is 10.0. The lowest BCUT2D eigenvalue weighted by Crippen LogP contribution is -1.91. The molecule has 0 aliphatic rings. The van der Waals surface area contributed by atoms with Crippen molar-refractivity contribution in [3.8, 4) is 5.75 Å². The molecule has 1 aromatic rings. The van der Waals surface area contributed by atoms with Crippen LogP contribution in [0.3, 0.4) is 0 Å². The smallest absolute Gasteiger partial charge is 0.122 e. The molecule has 0 fully saturated rings. The van der Waals surface area contributed by atoms with Gasteiger partial charge in [-0.2, -0.15) is 0 Å². The van der Waals surface area contributed by atoms with Crippen molar-refractivity contribution in [1.29, 1.82) is 0 Å². The second kappa shape index (κ2) is 3.61. The molecule has 1 aromatic carbocycles. The van der Waals surface area contributed by atoms with Crippen molar-refractivity contribution in [2.24, 2.45) is 0 Å². The van der Waals surface area contributed by atoms with Crippen molar-refractivity contribution in [3.63, 3.8) is 0 Å². The van der Waals surface area contributed by atoms with Gasteiger partial charge in [0.2, 0.25) is 0 Å². The Hall–Kier alpha value is -0.980. The molecule has 65 valence electrons. The first-order valence-electron chi connectivity index (χ1n) is 4.15. The molecule has 0 aliphatic heterocycles. The minimum absolute atomic E-state index is 0.541. The zero-order valence-corrected chi connectivity index (χ0v) is 7.92. The van der Waals surface area contributed by atoms with E-state index in [2.05, 4.69) is 26.8 Å². The number of ether oxygens (including phenoxy) is 1. The van der Waals surface area contributed by atoms with E-state index in [9.17, 15) is 0 Å². The van der Waals surface area contributed by atoms with Gasteiger partial charge in [-0.1, -0.05) is 26.0 Å². The Morgan fingerprint density at radius 2 is 2.00 bits per heavy atom. The molecule has 0 aliphatic carbocycles. The molecule has 12 heavy (non-hydrogen) atoms. The lowest BCUT2D eigenvalue weighted by Gasteiger charge is -2.09. The minimum atomic E-state index is 0.541. The second-order valence-corrected chi connectivity index (χ2v) is 3.23. The highest BCUT2D eigenvalue weighted by Crippen LogP contribution is 2.23. The zero-order chi connectivity index (χ0) is 9.14. The third-order valence-corrected chi connectivity index (χ3v) is 1.98. The van der Waals surface area contributed by atoms with E-state index in [1.165, 1.54) is 5.56 Å². The molecule has 0 aromatic heterocycles. The van der Waals surface area contributed by atoms with Gasteiger partial charge in [0.05, 0.1) is 7.11 Å². The van der Waals surface area contributed by atoms with Gasteiger partial charge < -0.3 is 4.74 Å². The van der Waals surface area contributed by atoms with Crippen LogP contribution in [-0.4, -0.2) is 7.11 Å². The summed E-state index contributed by atoms with van der Waals surface area (Å²) in [5.74, 6) is 1.42. The van der Waals surface area contributed by atoms with Crippen LogP contribution in [0.1, 0.15) is 30.9 Å². The minimum Gasteiger partial charge on any atom is -0.496 e. The number of rotatable bonds is 2. The van der Waals surface area contributed by atoms with Gasteiger partial charge in [0, 0.05) is 0 Å². The fraction of sp³-hybridized carbons (Fsp3) is 0.364. The zero-order valence-electron chi connectivity index (χ0n) is 7.92. The first-order chi connectivity index (χ1) is 5.65. The summed E-state index contributed by atoms with van der Waals surface area (Å²) in [6.45, 7) is 8.20. The number of hydrogen-bond acceptors (Lipinski definition) is 1. The Balaban J connectivity index is 3.05. The van der Waals surface area contributed by atoms with Gasteiger partial charge >= 0.3 is 0 Å². The summed E-state index contributed by atoms with van der Waals surface area (Å²) in [6.07, 6.45) is 0. The van der Waals surface area contributed by atoms with Crippen LogP contribution in [-0.2, 0) is 0 Å². The molecule has 1 nitrogen and oxygen atoms in total. The summed E-state index contributed by atoms with van der Waals surface area (Å²) in [5.41, 5.74) is 2.24. The molecule has 0 heterocycles. The first kappa shape index (κ1) is 9.11. The Kier molecular flexibility index (Phi) is 2.74. The quantitative estimate of drug-likeness (QED) is 0.651. The number of hydrogen-bond donors (Lipinski definition) is 0. The van der Waals surface area contributed by atoms with Gasteiger partial charge in [-0.05, 0) is 30.0 Å². The second-order valence-electron chi connectivity index (χ2n) is 3.23. The van der Waals surface area contributed by atoms with E-state index >= 15 is 0 Å². The summed E-state index contributed by atoms with van der Waals surface area (Å²) in [5, 5.41) is 0. The molecule has 1 heteroatoms. The maximum atomic E-state index is 5.17. The van der Waals surface area contributed by atoms with Crippen molar-refractivity contribution >= 4 is 0 Å². The van der Waals surface area contributed by atoms with Gasteiger partial charge in [-0.15, -0.1) is 0 Å². The van der Waals surface area contributed by atoms with Crippen molar-refractivity contribution in [2.75, 3.05) is 7.11 Å². The van der Waals surface area contributed by atoms with Crippen LogP contribution >= 0.6 is 0 Å². The predicted octanol–water partition coefficient (Wildman–Crippen LogP) is 3.00. The maximum absolute atomic E-state index is 5.17. The SMILES string of the molecule is [CH2]c1ccc(C(C)C)cc1OC. The van der Waals surface area contributed by atoms with Crippen molar-refractivity contribution in [2.45, 2.75) is 19.8 Å². The molecular formula is C11H15O. The molecule has 0 amide bonds. The average Bonchev–Trinajstić information content (AvgIpc) is 2.05. The van der Waals surface area contributed by atoms with E-state index in [-0.39, 0.29) is 0 Å². The maximum Gasteiger partial charge on any atom is 0.122 e. The normalized spacial score (nSPS) is 10.4. The van der Waals surface area contributed by atoms with Crippen LogP contribution in [0.15, 0.2) is 18.2 Å². The Labute approximate surface area is 74.4 Å². The van der Waals surface area contributed by atoms with Crippen LogP contribution in [0.2, 0.25) is 0 Å². The van der Waals surface area contributed by atoms with Crippen LogP contribution in [0, 0.1) is 6.92 Å². The average molecular weight is 163 g/mol. The van der Waals surface area contributed by atoms with Crippen LogP contribution < -0.4 is 4.74 Å². The molecule has 0 N–H and O–H groups in total. The highest BCUT2D eigenvalue weighted by molar-refractivity contribution is 5.40. The third kappa shape index (κ3) is 1.79. The Morgan fingerprint density at radius 3 is 2.50 bits per heavy atom.